The first-order valence-corrected chi connectivity index (χ1v) is 19.1. The van der Waals surface area contributed by atoms with Gasteiger partial charge in [0.2, 0.25) is 0 Å². The highest BCUT2D eigenvalue weighted by atomic mass is 31.2. The van der Waals surface area contributed by atoms with E-state index < -0.39 is 14.6 Å². The average Bonchev–Trinajstić information content (AvgIpc) is 3.71. The van der Waals surface area contributed by atoms with Gasteiger partial charge < -0.3 is 18.7 Å². The van der Waals surface area contributed by atoms with Crippen LogP contribution in [0.15, 0.2) is 103 Å². The summed E-state index contributed by atoms with van der Waals surface area (Å²) in [6, 6.07) is 36.0. The lowest BCUT2D eigenvalue weighted by molar-refractivity contribution is -0.0136. The van der Waals surface area contributed by atoms with Crippen molar-refractivity contribution in [1.29, 1.82) is 0 Å². The second-order valence-corrected chi connectivity index (χ2v) is 16.1. The van der Waals surface area contributed by atoms with Crippen molar-refractivity contribution in [1.82, 2.24) is 4.67 Å². The standard InChI is InChI=1S/C42H45N2O4P/c1-28(2)34-22-19-29(3)26-39(34)47-42(45)46-37-23-20-30-12-7-9-17-35(30)40(37)41-36-18-10-8-13-31(36)21-24-38(41)48-49-43-25-11-16-33(43)27-44(49)32-14-5-4-6-15-32/h4-10,12-15,17-18,20-21,23-24,28-29,33-34,39H,11,16,19,22,25-27H2,1-3H3/t29-,33+,34+,39-,49+/m1/s1. The number of carbonyl (C=O) groups is 1. The lowest BCUT2D eigenvalue weighted by Gasteiger charge is -2.36. The average molecular weight is 673 g/mol. The maximum Gasteiger partial charge on any atom is 0.514 e. The van der Waals surface area contributed by atoms with Gasteiger partial charge in [-0.1, -0.05) is 106 Å². The number of carbonyl (C=O) groups excluding carboxylic acids is 1. The third-order valence-corrected chi connectivity index (χ3v) is 13.0. The van der Waals surface area contributed by atoms with Gasteiger partial charge in [0, 0.05) is 35.9 Å². The Morgan fingerprint density at radius 3 is 2.14 bits per heavy atom. The van der Waals surface area contributed by atoms with Crippen molar-refractivity contribution in [3.05, 3.63) is 103 Å². The fourth-order valence-electron chi connectivity index (χ4n) is 8.30. The number of anilines is 1. The van der Waals surface area contributed by atoms with Crippen molar-refractivity contribution < 1.29 is 18.8 Å². The topological polar surface area (TPSA) is 51.2 Å². The van der Waals surface area contributed by atoms with Gasteiger partial charge in [-0.3, -0.25) is 0 Å². The van der Waals surface area contributed by atoms with E-state index in [0.29, 0.717) is 29.5 Å². The fraction of sp³-hybridized carbons (Fsp3) is 0.357. The quantitative estimate of drug-likeness (QED) is 0.0974. The molecule has 3 aliphatic rings. The van der Waals surface area contributed by atoms with E-state index in [0.717, 1.165) is 64.4 Å². The Bertz CT molecular complexity index is 1970. The Morgan fingerprint density at radius 2 is 1.43 bits per heavy atom. The fourth-order valence-corrected chi connectivity index (χ4v) is 10.5. The summed E-state index contributed by atoms with van der Waals surface area (Å²) in [4.78, 5) is 13.7. The van der Waals surface area contributed by atoms with Gasteiger partial charge in [0.05, 0.1) is 0 Å². The minimum Gasteiger partial charge on any atom is -0.440 e. The Morgan fingerprint density at radius 1 is 0.776 bits per heavy atom. The normalized spacial score (nSPS) is 24.0. The molecule has 49 heavy (non-hydrogen) atoms. The van der Waals surface area contributed by atoms with Crippen molar-refractivity contribution in [2.45, 2.75) is 65.0 Å². The maximum absolute atomic E-state index is 13.7. The molecule has 0 unspecified atom stereocenters. The van der Waals surface area contributed by atoms with Gasteiger partial charge in [-0.15, -0.1) is 0 Å². The van der Waals surface area contributed by atoms with Crippen LogP contribution in [-0.2, 0) is 4.74 Å². The Hall–Kier alpha value is -4.12. The number of ether oxygens (including phenoxy) is 2. The van der Waals surface area contributed by atoms with E-state index in [4.69, 9.17) is 14.0 Å². The first kappa shape index (κ1) is 32.1. The van der Waals surface area contributed by atoms with Crippen LogP contribution < -0.4 is 13.9 Å². The summed E-state index contributed by atoms with van der Waals surface area (Å²) in [6.45, 7) is 8.66. The zero-order chi connectivity index (χ0) is 33.5. The van der Waals surface area contributed by atoms with Crippen LogP contribution in [0.1, 0.15) is 52.9 Å². The summed E-state index contributed by atoms with van der Waals surface area (Å²) in [7, 11) is -1.13. The molecule has 0 radical (unpaired) electrons. The second kappa shape index (κ2) is 13.7. The predicted molar refractivity (Wildman–Crippen MR) is 200 cm³/mol. The van der Waals surface area contributed by atoms with Crippen molar-refractivity contribution in [2.75, 3.05) is 17.8 Å². The van der Waals surface area contributed by atoms with Crippen LogP contribution >= 0.6 is 8.45 Å². The Balaban J connectivity index is 1.23. The van der Waals surface area contributed by atoms with E-state index >= 15 is 0 Å². The smallest absolute Gasteiger partial charge is 0.440 e. The largest absolute Gasteiger partial charge is 0.514 e. The highest BCUT2D eigenvalue weighted by molar-refractivity contribution is 7.52. The van der Waals surface area contributed by atoms with E-state index in [2.05, 4.69) is 109 Å². The monoisotopic (exact) mass is 672 g/mol. The van der Waals surface area contributed by atoms with E-state index in [9.17, 15) is 4.79 Å². The lowest BCUT2D eigenvalue weighted by Crippen LogP contribution is -2.36. The molecular weight excluding hydrogens is 627 g/mol. The predicted octanol–water partition coefficient (Wildman–Crippen LogP) is 11.2. The number of fused-ring (bicyclic) bond motifs is 3. The molecule has 0 bridgehead atoms. The molecule has 1 saturated carbocycles. The van der Waals surface area contributed by atoms with Crippen LogP contribution in [0.3, 0.4) is 0 Å². The van der Waals surface area contributed by atoms with Gasteiger partial charge in [-0.05, 0) is 89.2 Å². The molecule has 0 N–H and O–H groups in total. The SMILES string of the molecule is CC(C)[C@@H]1CC[C@@H](C)C[C@H]1OC(=O)Oc1ccc2ccccc2c1-c1c(O[P@]2N(c3ccccc3)C[C@@H]3CCCN32)ccc2ccccc12. The summed E-state index contributed by atoms with van der Waals surface area (Å²) < 4.78 is 24.7. The molecule has 5 atom stereocenters. The number of benzene rings is 5. The number of nitrogens with zero attached hydrogens (tertiary/aromatic N) is 2. The van der Waals surface area contributed by atoms with Gasteiger partial charge in [0.15, 0.2) is 0 Å². The van der Waals surface area contributed by atoms with E-state index in [1.165, 1.54) is 24.9 Å². The van der Waals surface area contributed by atoms with E-state index in [1.807, 2.05) is 24.3 Å². The molecule has 3 fully saturated rings. The highest BCUT2D eigenvalue weighted by Gasteiger charge is 2.45. The van der Waals surface area contributed by atoms with Crippen molar-refractivity contribution in [3.8, 4) is 22.6 Å². The molecule has 5 aromatic carbocycles. The van der Waals surface area contributed by atoms with Gasteiger partial charge in [0.1, 0.15) is 17.6 Å². The molecule has 7 heteroatoms. The Kier molecular flexibility index (Phi) is 8.94. The summed E-state index contributed by atoms with van der Waals surface area (Å²) in [6.07, 6.45) is 4.66. The van der Waals surface area contributed by atoms with E-state index in [1.54, 1.807) is 0 Å². The molecule has 8 rings (SSSR count). The molecule has 0 aromatic heterocycles. The van der Waals surface area contributed by atoms with Crippen LogP contribution in [0.25, 0.3) is 32.7 Å². The van der Waals surface area contributed by atoms with Crippen molar-refractivity contribution in [2.24, 2.45) is 17.8 Å². The molecule has 252 valence electrons. The van der Waals surface area contributed by atoms with Crippen LogP contribution in [-0.4, -0.2) is 36.1 Å². The molecule has 2 heterocycles. The van der Waals surface area contributed by atoms with Crippen molar-refractivity contribution in [3.63, 3.8) is 0 Å². The number of hydrogen-bond acceptors (Lipinski definition) is 6. The third-order valence-electron chi connectivity index (χ3n) is 10.8. The second-order valence-electron chi connectivity index (χ2n) is 14.4. The van der Waals surface area contributed by atoms with Crippen LogP contribution in [0.5, 0.6) is 11.5 Å². The summed E-state index contributed by atoms with van der Waals surface area (Å²) in [5.74, 6) is 2.54. The van der Waals surface area contributed by atoms with Gasteiger partial charge in [-0.2, -0.15) is 0 Å². The Labute approximate surface area is 290 Å². The molecule has 1 aliphatic carbocycles. The molecule has 2 aliphatic heterocycles. The van der Waals surface area contributed by atoms with Gasteiger partial charge in [-0.25, -0.2) is 9.46 Å². The summed E-state index contributed by atoms with van der Waals surface area (Å²) >= 11 is 0. The lowest BCUT2D eigenvalue weighted by atomic mass is 9.75. The van der Waals surface area contributed by atoms with Crippen LogP contribution in [0.4, 0.5) is 10.5 Å². The number of rotatable bonds is 7. The van der Waals surface area contributed by atoms with E-state index in [-0.39, 0.29) is 6.10 Å². The molecule has 0 spiro atoms. The van der Waals surface area contributed by atoms with Crippen molar-refractivity contribution >= 4 is 41.8 Å². The van der Waals surface area contributed by atoms with Crippen LogP contribution in [0.2, 0.25) is 0 Å². The molecule has 6 nitrogen and oxygen atoms in total. The maximum atomic E-state index is 13.7. The summed E-state index contributed by atoms with van der Waals surface area (Å²) in [5.41, 5.74) is 2.96. The first-order chi connectivity index (χ1) is 23.9. The third kappa shape index (κ3) is 6.26. The molecule has 5 aromatic rings. The van der Waals surface area contributed by atoms with Gasteiger partial charge in [0.25, 0.3) is 8.45 Å². The number of para-hydroxylation sites is 1. The molecular formula is C42H45N2O4P. The van der Waals surface area contributed by atoms with Crippen LogP contribution in [0, 0.1) is 17.8 Å². The number of hydrogen-bond donors (Lipinski definition) is 0. The molecule has 0 amide bonds. The first-order valence-electron chi connectivity index (χ1n) is 17.9. The summed E-state index contributed by atoms with van der Waals surface area (Å²) in [5, 5.41) is 4.21. The zero-order valence-electron chi connectivity index (χ0n) is 28.6. The highest BCUT2D eigenvalue weighted by Crippen LogP contribution is 2.58. The minimum atomic E-state index is -1.13. The zero-order valence-corrected chi connectivity index (χ0v) is 29.5. The van der Waals surface area contributed by atoms with Gasteiger partial charge >= 0.3 is 6.16 Å². The minimum absolute atomic E-state index is 0.154. The molecule has 2 saturated heterocycles.